The molecule has 4 heteroatoms. The van der Waals surface area contributed by atoms with E-state index in [1.165, 1.54) is 0 Å². The van der Waals surface area contributed by atoms with E-state index in [0.717, 1.165) is 36.0 Å². The summed E-state index contributed by atoms with van der Waals surface area (Å²) in [6, 6.07) is 9.88. The zero-order valence-electron chi connectivity index (χ0n) is 10.8. The van der Waals surface area contributed by atoms with E-state index >= 15 is 0 Å². The molecule has 1 saturated heterocycles. The molecule has 0 radical (unpaired) electrons. The minimum Gasteiger partial charge on any atom is -0.477 e. The minimum absolute atomic E-state index is 0.118. The molecule has 1 aromatic heterocycles. The Balaban J connectivity index is 2.23. The summed E-state index contributed by atoms with van der Waals surface area (Å²) in [5.41, 5.74) is 1.86. The molecule has 19 heavy (non-hydrogen) atoms. The van der Waals surface area contributed by atoms with Crippen molar-refractivity contribution >= 4 is 22.6 Å². The smallest absolute Gasteiger partial charge is 0.354 e. The molecule has 1 aliphatic rings. The number of fused-ring (bicyclic) bond motifs is 1. The average Bonchev–Trinajstić information content (AvgIpc) is 2.83. The molecule has 1 N–H and O–H groups in total. The predicted molar refractivity (Wildman–Crippen MR) is 74.7 cm³/mol. The Labute approximate surface area is 111 Å². The summed E-state index contributed by atoms with van der Waals surface area (Å²) in [5, 5.41) is 10.2. The van der Waals surface area contributed by atoms with Crippen LogP contribution in [0.2, 0.25) is 0 Å². The topological polar surface area (TPSA) is 53.4 Å². The van der Waals surface area contributed by atoms with Gasteiger partial charge in [-0.3, -0.25) is 0 Å². The van der Waals surface area contributed by atoms with Crippen LogP contribution < -0.4 is 4.90 Å². The van der Waals surface area contributed by atoms with Crippen LogP contribution in [-0.4, -0.2) is 28.6 Å². The largest absolute Gasteiger partial charge is 0.477 e. The number of para-hydroxylation sites is 1. The van der Waals surface area contributed by atoms with Crippen molar-refractivity contribution in [2.75, 3.05) is 11.4 Å². The van der Waals surface area contributed by atoms with Gasteiger partial charge in [0, 0.05) is 23.7 Å². The van der Waals surface area contributed by atoms with E-state index in [1.54, 1.807) is 6.07 Å². The first-order valence-corrected chi connectivity index (χ1v) is 6.56. The second kappa shape index (κ2) is 4.53. The standard InChI is InChI=1S/C15H16N2O2/c1-10-5-4-8-17(10)14-9-13(15(18)19)16-12-7-3-2-6-11(12)14/h2-3,6-7,9-10H,4-5,8H2,1H3,(H,18,19). The molecule has 1 aliphatic heterocycles. The van der Waals surface area contributed by atoms with E-state index < -0.39 is 5.97 Å². The molecule has 1 unspecified atom stereocenters. The van der Waals surface area contributed by atoms with Crippen LogP contribution in [0.15, 0.2) is 30.3 Å². The molecule has 0 saturated carbocycles. The van der Waals surface area contributed by atoms with Crippen LogP contribution in [0.4, 0.5) is 5.69 Å². The van der Waals surface area contributed by atoms with Crippen molar-refractivity contribution < 1.29 is 9.90 Å². The molecular formula is C15H16N2O2. The average molecular weight is 256 g/mol. The van der Waals surface area contributed by atoms with Gasteiger partial charge in [0.2, 0.25) is 0 Å². The van der Waals surface area contributed by atoms with Gasteiger partial charge in [-0.2, -0.15) is 0 Å². The fraction of sp³-hybridized carbons (Fsp3) is 0.333. The third kappa shape index (κ3) is 2.03. The number of aromatic nitrogens is 1. The molecule has 1 atom stereocenters. The summed E-state index contributed by atoms with van der Waals surface area (Å²) in [4.78, 5) is 17.7. The van der Waals surface area contributed by atoms with Gasteiger partial charge in [0.25, 0.3) is 0 Å². The lowest BCUT2D eigenvalue weighted by Gasteiger charge is -2.25. The number of carboxylic acids is 1. The number of hydrogen-bond acceptors (Lipinski definition) is 3. The Kier molecular flexibility index (Phi) is 2.85. The lowest BCUT2D eigenvalue weighted by molar-refractivity contribution is 0.0691. The van der Waals surface area contributed by atoms with Crippen molar-refractivity contribution in [2.45, 2.75) is 25.8 Å². The Hall–Kier alpha value is -2.10. The normalized spacial score (nSPS) is 19.0. The van der Waals surface area contributed by atoms with Crippen molar-refractivity contribution in [3.05, 3.63) is 36.0 Å². The highest BCUT2D eigenvalue weighted by molar-refractivity contribution is 5.97. The Morgan fingerprint density at radius 1 is 1.42 bits per heavy atom. The molecular weight excluding hydrogens is 240 g/mol. The van der Waals surface area contributed by atoms with Crippen LogP contribution in [0.25, 0.3) is 10.9 Å². The predicted octanol–water partition coefficient (Wildman–Crippen LogP) is 2.92. The van der Waals surface area contributed by atoms with E-state index in [1.807, 2.05) is 24.3 Å². The fourth-order valence-corrected chi connectivity index (χ4v) is 2.80. The van der Waals surface area contributed by atoms with Crippen molar-refractivity contribution in [1.82, 2.24) is 4.98 Å². The maximum Gasteiger partial charge on any atom is 0.354 e. The number of anilines is 1. The van der Waals surface area contributed by atoms with Crippen LogP contribution in [-0.2, 0) is 0 Å². The van der Waals surface area contributed by atoms with Gasteiger partial charge in [0.15, 0.2) is 5.69 Å². The summed E-state index contributed by atoms with van der Waals surface area (Å²) in [5.74, 6) is -0.973. The number of hydrogen-bond donors (Lipinski definition) is 1. The number of aromatic carboxylic acids is 1. The number of carbonyl (C=O) groups is 1. The number of nitrogens with zero attached hydrogens (tertiary/aromatic N) is 2. The van der Waals surface area contributed by atoms with Gasteiger partial charge in [-0.25, -0.2) is 9.78 Å². The zero-order chi connectivity index (χ0) is 13.4. The Bertz CT molecular complexity index is 639. The summed E-state index contributed by atoms with van der Waals surface area (Å²) in [7, 11) is 0. The number of benzene rings is 1. The zero-order valence-corrected chi connectivity index (χ0v) is 10.8. The molecule has 0 aliphatic carbocycles. The fourth-order valence-electron chi connectivity index (χ4n) is 2.80. The summed E-state index contributed by atoms with van der Waals surface area (Å²) in [6.45, 7) is 3.16. The molecule has 98 valence electrons. The monoisotopic (exact) mass is 256 g/mol. The van der Waals surface area contributed by atoms with E-state index in [0.29, 0.717) is 6.04 Å². The van der Waals surface area contributed by atoms with Crippen molar-refractivity contribution in [3.8, 4) is 0 Å². The molecule has 1 fully saturated rings. The van der Waals surface area contributed by atoms with Gasteiger partial charge in [-0.15, -0.1) is 0 Å². The molecule has 1 aromatic carbocycles. The first kappa shape index (κ1) is 12.0. The highest BCUT2D eigenvalue weighted by Gasteiger charge is 2.23. The molecule has 0 amide bonds. The van der Waals surface area contributed by atoms with Gasteiger partial charge in [-0.1, -0.05) is 18.2 Å². The summed E-state index contributed by atoms with van der Waals surface area (Å²) in [6.07, 6.45) is 2.30. The lowest BCUT2D eigenvalue weighted by Crippen LogP contribution is -2.26. The molecule has 2 heterocycles. The third-order valence-corrected chi connectivity index (χ3v) is 3.78. The summed E-state index contributed by atoms with van der Waals surface area (Å²) < 4.78 is 0. The van der Waals surface area contributed by atoms with Crippen molar-refractivity contribution in [2.24, 2.45) is 0 Å². The molecule has 4 nitrogen and oxygen atoms in total. The highest BCUT2D eigenvalue weighted by Crippen LogP contribution is 2.32. The number of carboxylic acid groups (broad SMARTS) is 1. The molecule has 2 aromatic rings. The Morgan fingerprint density at radius 3 is 2.89 bits per heavy atom. The van der Waals surface area contributed by atoms with Gasteiger partial charge in [-0.05, 0) is 31.9 Å². The van der Waals surface area contributed by atoms with Crippen molar-refractivity contribution in [1.29, 1.82) is 0 Å². The molecule has 0 bridgehead atoms. The van der Waals surface area contributed by atoms with Gasteiger partial charge in [0.1, 0.15) is 0 Å². The van der Waals surface area contributed by atoms with Gasteiger partial charge < -0.3 is 10.0 Å². The second-order valence-electron chi connectivity index (χ2n) is 5.03. The summed E-state index contributed by atoms with van der Waals surface area (Å²) >= 11 is 0. The van der Waals surface area contributed by atoms with Crippen LogP contribution >= 0.6 is 0 Å². The first-order chi connectivity index (χ1) is 9.16. The Morgan fingerprint density at radius 2 is 2.21 bits per heavy atom. The van der Waals surface area contributed by atoms with Crippen LogP contribution in [0.3, 0.4) is 0 Å². The van der Waals surface area contributed by atoms with Gasteiger partial charge >= 0.3 is 5.97 Å². The van der Waals surface area contributed by atoms with E-state index in [2.05, 4.69) is 16.8 Å². The minimum atomic E-state index is -0.973. The lowest BCUT2D eigenvalue weighted by atomic mass is 10.1. The third-order valence-electron chi connectivity index (χ3n) is 3.78. The van der Waals surface area contributed by atoms with Crippen LogP contribution in [0.5, 0.6) is 0 Å². The SMILES string of the molecule is CC1CCCN1c1cc(C(=O)O)nc2ccccc12. The number of rotatable bonds is 2. The van der Waals surface area contributed by atoms with Gasteiger partial charge in [0.05, 0.1) is 5.52 Å². The van der Waals surface area contributed by atoms with E-state index in [9.17, 15) is 9.90 Å². The maximum atomic E-state index is 11.2. The van der Waals surface area contributed by atoms with Crippen LogP contribution in [0.1, 0.15) is 30.3 Å². The van der Waals surface area contributed by atoms with E-state index in [-0.39, 0.29) is 5.69 Å². The van der Waals surface area contributed by atoms with E-state index in [4.69, 9.17) is 0 Å². The molecule has 3 rings (SSSR count). The first-order valence-electron chi connectivity index (χ1n) is 6.56. The van der Waals surface area contributed by atoms with Crippen LogP contribution in [0, 0.1) is 0 Å². The second-order valence-corrected chi connectivity index (χ2v) is 5.03. The highest BCUT2D eigenvalue weighted by atomic mass is 16.4. The molecule has 0 spiro atoms. The van der Waals surface area contributed by atoms with Crippen molar-refractivity contribution in [3.63, 3.8) is 0 Å². The number of pyridine rings is 1. The maximum absolute atomic E-state index is 11.2. The quantitative estimate of drug-likeness (QED) is 0.897.